The molecule has 1 aliphatic heterocycles. The van der Waals surface area contributed by atoms with Crippen LogP contribution in [0.5, 0.6) is 0 Å². The Morgan fingerprint density at radius 3 is 2.71 bits per heavy atom. The highest BCUT2D eigenvalue weighted by Crippen LogP contribution is 2.20. The molecule has 0 saturated carbocycles. The van der Waals surface area contributed by atoms with E-state index in [2.05, 4.69) is 35.1 Å². The molecule has 2 heterocycles. The third kappa shape index (κ3) is 4.41. The predicted molar refractivity (Wildman–Crippen MR) is 86.4 cm³/mol. The molecule has 21 heavy (non-hydrogen) atoms. The third-order valence-electron chi connectivity index (χ3n) is 3.91. The Morgan fingerprint density at radius 1 is 1.29 bits per heavy atom. The number of anilines is 1. The fraction of sp³-hybridized carbons (Fsp3) is 0.667. The Balaban J connectivity index is 2.08. The number of hydrogen-bond acceptors (Lipinski definition) is 5. The van der Waals surface area contributed by atoms with Crippen LogP contribution in [0.1, 0.15) is 38.4 Å². The zero-order valence-corrected chi connectivity index (χ0v) is 13.7. The Labute approximate surface area is 127 Å². The van der Waals surface area contributed by atoms with Crippen molar-refractivity contribution >= 4 is 15.5 Å². The number of pyridine rings is 1. The maximum atomic E-state index is 11.7. The van der Waals surface area contributed by atoms with Crippen LogP contribution < -0.4 is 10.2 Å². The second-order valence-electron chi connectivity index (χ2n) is 5.45. The summed E-state index contributed by atoms with van der Waals surface area (Å²) in [6.07, 6.45) is 3.56. The van der Waals surface area contributed by atoms with Crippen molar-refractivity contribution in [3.63, 3.8) is 0 Å². The van der Waals surface area contributed by atoms with Gasteiger partial charge in [-0.3, -0.25) is 4.98 Å². The van der Waals surface area contributed by atoms with Gasteiger partial charge in [0, 0.05) is 19.1 Å². The summed E-state index contributed by atoms with van der Waals surface area (Å²) in [7, 11) is -2.87. The van der Waals surface area contributed by atoms with E-state index in [0.717, 1.165) is 30.9 Å². The minimum absolute atomic E-state index is 0.240. The van der Waals surface area contributed by atoms with Gasteiger partial charge in [0.25, 0.3) is 0 Å². The minimum Gasteiger partial charge on any atom is -0.369 e. The highest BCUT2D eigenvalue weighted by Gasteiger charge is 2.19. The number of aromatic nitrogens is 1. The van der Waals surface area contributed by atoms with Crippen molar-refractivity contribution in [2.45, 2.75) is 32.7 Å². The van der Waals surface area contributed by atoms with Gasteiger partial charge in [-0.05, 0) is 31.5 Å². The van der Waals surface area contributed by atoms with Crippen LogP contribution in [0.25, 0.3) is 0 Å². The van der Waals surface area contributed by atoms with Crippen molar-refractivity contribution in [1.82, 2.24) is 10.3 Å². The number of nitrogens with zero attached hydrogens (tertiary/aromatic N) is 2. The summed E-state index contributed by atoms with van der Waals surface area (Å²) in [5, 5.41) is 3.41. The molecule has 2 rings (SSSR count). The second-order valence-corrected chi connectivity index (χ2v) is 7.76. The van der Waals surface area contributed by atoms with Gasteiger partial charge in [0.1, 0.15) is 0 Å². The molecule has 1 aromatic heterocycles. The lowest BCUT2D eigenvalue weighted by Gasteiger charge is -2.22. The minimum atomic E-state index is -2.87. The lowest BCUT2D eigenvalue weighted by Crippen LogP contribution is -2.27. The summed E-state index contributed by atoms with van der Waals surface area (Å²) in [6.45, 7) is 6.50. The largest absolute Gasteiger partial charge is 0.369 e. The first-order valence-electron chi connectivity index (χ1n) is 7.70. The van der Waals surface area contributed by atoms with Crippen LogP contribution in [0.15, 0.2) is 18.3 Å². The molecule has 6 heteroatoms. The quantitative estimate of drug-likeness (QED) is 0.898. The van der Waals surface area contributed by atoms with Gasteiger partial charge in [0.2, 0.25) is 0 Å². The Bertz CT molecular complexity index is 543. The number of rotatable bonds is 5. The zero-order chi connectivity index (χ0) is 15.3. The summed E-state index contributed by atoms with van der Waals surface area (Å²) in [5.41, 5.74) is 2.06. The first-order chi connectivity index (χ1) is 10.1. The molecular weight excluding hydrogens is 286 g/mol. The maximum absolute atomic E-state index is 11.7. The van der Waals surface area contributed by atoms with Gasteiger partial charge in [-0.1, -0.05) is 13.8 Å². The summed E-state index contributed by atoms with van der Waals surface area (Å²) >= 11 is 0. The summed E-state index contributed by atoms with van der Waals surface area (Å²) in [4.78, 5) is 6.68. The van der Waals surface area contributed by atoms with Gasteiger partial charge in [0.05, 0.1) is 29.1 Å². The smallest absolute Gasteiger partial charge is 0.152 e. The third-order valence-corrected chi connectivity index (χ3v) is 5.62. The molecule has 1 aromatic rings. The highest BCUT2D eigenvalue weighted by molar-refractivity contribution is 7.91. The van der Waals surface area contributed by atoms with Gasteiger partial charge in [-0.2, -0.15) is 0 Å². The molecule has 0 amide bonds. The molecule has 0 radical (unpaired) electrons. The van der Waals surface area contributed by atoms with E-state index >= 15 is 0 Å². The predicted octanol–water partition coefficient (Wildman–Crippen LogP) is 1.77. The summed E-state index contributed by atoms with van der Waals surface area (Å²) < 4.78 is 23.3. The van der Waals surface area contributed by atoms with E-state index in [-0.39, 0.29) is 11.8 Å². The maximum Gasteiger partial charge on any atom is 0.152 e. The van der Waals surface area contributed by atoms with Crippen molar-refractivity contribution in [2.75, 3.05) is 36.0 Å². The van der Waals surface area contributed by atoms with Gasteiger partial charge >= 0.3 is 0 Å². The van der Waals surface area contributed by atoms with Crippen molar-refractivity contribution in [2.24, 2.45) is 0 Å². The van der Waals surface area contributed by atoms with Crippen LogP contribution in [0, 0.1) is 0 Å². The van der Waals surface area contributed by atoms with Gasteiger partial charge < -0.3 is 10.2 Å². The lowest BCUT2D eigenvalue weighted by molar-refractivity contribution is 0.525. The molecule has 0 aromatic carbocycles. The molecule has 118 valence electrons. The molecule has 0 bridgehead atoms. The number of sulfone groups is 1. The Morgan fingerprint density at radius 2 is 2.10 bits per heavy atom. The van der Waals surface area contributed by atoms with Crippen LogP contribution >= 0.6 is 0 Å². The van der Waals surface area contributed by atoms with Crippen molar-refractivity contribution in [3.8, 4) is 0 Å². The van der Waals surface area contributed by atoms with Crippen LogP contribution in [0.2, 0.25) is 0 Å². The van der Waals surface area contributed by atoms with Crippen LogP contribution in [0.4, 0.5) is 5.69 Å². The van der Waals surface area contributed by atoms with E-state index in [1.54, 1.807) is 0 Å². The molecular formula is C15H25N3O2S. The second kappa shape index (κ2) is 7.22. The fourth-order valence-electron chi connectivity index (χ4n) is 2.69. The molecule has 1 aliphatic rings. The normalized spacial score (nSPS) is 20.0. The number of nitrogens with one attached hydrogen (secondary N) is 1. The van der Waals surface area contributed by atoms with E-state index in [4.69, 9.17) is 0 Å². The van der Waals surface area contributed by atoms with E-state index < -0.39 is 9.84 Å². The molecule has 1 fully saturated rings. The highest BCUT2D eigenvalue weighted by atomic mass is 32.2. The van der Waals surface area contributed by atoms with Crippen LogP contribution in [-0.4, -0.2) is 44.5 Å². The van der Waals surface area contributed by atoms with Crippen molar-refractivity contribution in [1.29, 1.82) is 0 Å². The SMILES string of the molecule is CCNC(CC)c1ccc(N2CCCS(=O)(=O)CC2)cn1. The van der Waals surface area contributed by atoms with E-state index in [9.17, 15) is 8.42 Å². The van der Waals surface area contributed by atoms with Gasteiger partial charge in [-0.25, -0.2) is 8.42 Å². The average molecular weight is 311 g/mol. The molecule has 1 N–H and O–H groups in total. The molecule has 1 unspecified atom stereocenters. The van der Waals surface area contributed by atoms with E-state index in [1.165, 1.54) is 0 Å². The first kappa shape index (κ1) is 16.2. The first-order valence-corrected chi connectivity index (χ1v) is 9.52. The molecule has 1 saturated heterocycles. The summed E-state index contributed by atoms with van der Waals surface area (Å²) in [5.74, 6) is 0.539. The Hall–Kier alpha value is -1.14. The van der Waals surface area contributed by atoms with E-state index in [0.29, 0.717) is 18.7 Å². The van der Waals surface area contributed by atoms with Crippen molar-refractivity contribution < 1.29 is 8.42 Å². The Kier molecular flexibility index (Phi) is 5.58. The molecule has 0 spiro atoms. The molecule has 0 aliphatic carbocycles. The van der Waals surface area contributed by atoms with Crippen molar-refractivity contribution in [3.05, 3.63) is 24.0 Å². The summed E-state index contributed by atoms with van der Waals surface area (Å²) in [6, 6.07) is 4.39. The average Bonchev–Trinajstić information content (AvgIpc) is 2.66. The zero-order valence-electron chi connectivity index (χ0n) is 12.9. The topological polar surface area (TPSA) is 62.3 Å². The lowest BCUT2D eigenvalue weighted by atomic mass is 10.1. The molecule has 1 atom stereocenters. The fourth-order valence-corrected chi connectivity index (χ4v) is 3.96. The number of hydrogen-bond donors (Lipinski definition) is 1. The standard InChI is InChI=1S/C15H25N3O2S/c1-3-14(16-4-2)15-7-6-13(12-17-15)18-8-5-10-21(19,20)11-9-18/h6-7,12,14,16H,3-5,8-11H2,1-2H3. The van der Waals surface area contributed by atoms with E-state index in [1.807, 2.05) is 12.3 Å². The van der Waals surface area contributed by atoms with Gasteiger partial charge in [-0.15, -0.1) is 0 Å². The van der Waals surface area contributed by atoms with Crippen LogP contribution in [-0.2, 0) is 9.84 Å². The molecule has 5 nitrogen and oxygen atoms in total. The van der Waals surface area contributed by atoms with Gasteiger partial charge in [0.15, 0.2) is 9.84 Å². The monoisotopic (exact) mass is 311 g/mol. The van der Waals surface area contributed by atoms with Crippen LogP contribution in [0.3, 0.4) is 0 Å².